The molecule has 0 bridgehead atoms. The zero-order valence-corrected chi connectivity index (χ0v) is 14.5. The van der Waals surface area contributed by atoms with Crippen molar-refractivity contribution in [1.82, 2.24) is 10.2 Å². The van der Waals surface area contributed by atoms with Crippen molar-refractivity contribution < 1.29 is 9.47 Å². The Hall–Kier alpha value is -0.160. The average molecular weight is 300 g/mol. The van der Waals surface area contributed by atoms with Crippen LogP contribution < -0.4 is 5.32 Å². The lowest BCUT2D eigenvalue weighted by molar-refractivity contribution is 0.0467. The molecule has 1 unspecified atom stereocenters. The Bertz CT molecular complexity index is 227. The van der Waals surface area contributed by atoms with Crippen LogP contribution in [0.2, 0.25) is 0 Å². The van der Waals surface area contributed by atoms with Crippen molar-refractivity contribution in [3.05, 3.63) is 0 Å². The first-order valence-corrected chi connectivity index (χ1v) is 8.85. The summed E-state index contributed by atoms with van der Waals surface area (Å²) in [6.45, 7) is 15.3. The quantitative estimate of drug-likeness (QED) is 0.562. The molecule has 0 amide bonds. The van der Waals surface area contributed by atoms with E-state index >= 15 is 0 Å². The highest BCUT2D eigenvalue weighted by atomic mass is 16.5. The van der Waals surface area contributed by atoms with Gasteiger partial charge in [-0.1, -0.05) is 13.3 Å². The van der Waals surface area contributed by atoms with Gasteiger partial charge < -0.3 is 14.8 Å². The summed E-state index contributed by atoms with van der Waals surface area (Å²) in [4.78, 5) is 2.55. The molecule has 1 fully saturated rings. The monoisotopic (exact) mass is 300 g/mol. The predicted octanol–water partition coefficient (Wildman–Crippen LogP) is 2.53. The van der Waals surface area contributed by atoms with E-state index in [1.807, 2.05) is 0 Å². The van der Waals surface area contributed by atoms with E-state index in [4.69, 9.17) is 9.47 Å². The Morgan fingerprint density at radius 2 is 1.71 bits per heavy atom. The van der Waals surface area contributed by atoms with Gasteiger partial charge in [-0.3, -0.25) is 4.90 Å². The number of rotatable bonds is 12. The van der Waals surface area contributed by atoms with E-state index < -0.39 is 0 Å². The molecule has 1 saturated heterocycles. The topological polar surface area (TPSA) is 33.7 Å². The Kier molecular flexibility index (Phi) is 10.3. The molecular formula is C17H36N2O2. The van der Waals surface area contributed by atoms with E-state index in [0.717, 1.165) is 39.5 Å². The molecule has 21 heavy (non-hydrogen) atoms. The summed E-state index contributed by atoms with van der Waals surface area (Å²) in [6, 6.07) is 0. The van der Waals surface area contributed by atoms with Crippen LogP contribution in [0, 0.1) is 5.41 Å². The van der Waals surface area contributed by atoms with Crippen LogP contribution in [0.1, 0.15) is 46.5 Å². The van der Waals surface area contributed by atoms with Crippen molar-refractivity contribution in [3.63, 3.8) is 0 Å². The van der Waals surface area contributed by atoms with E-state index in [-0.39, 0.29) is 0 Å². The van der Waals surface area contributed by atoms with Gasteiger partial charge in [-0.25, -0.2) is 0 Å². The van der Waals surface area contributed by atoms with Gasteiger partial charge in [0.1, 0.15) is 0 Å². The van der Waals surface area contributed by atoms with Gasteiger partial charge in [-0.2, -0.15) is 0 Å². The molecule has 1 N–H and O–H groups in total. The van der Waals surface area contributed by atoms with Crippen molar-refractivity contribution >= 4 is 0 Å². The minimum Gasteiger partial charge on any atom is -0.380 e. The van der Waals surface area contributed by atoms with Crippen molar-refractivity contribution in [3.8, 4) is 0 Å². The lowest BCUT2D eigenvalue weighted by Crippen LogP contribution is -2.49. The van der Waals surface area contributed by atoms with Crippen LogP contribution in [0.3, 0.4) is 0 Å². The van der Waals surface area contributed by atoms with Crippen LogP contribution in [-0.2, 0) is 9.47 Å². The maximum atomic E-state index is 5.55. The van der Waals surface area contributed by atoms with Crippen molar-refractivity contribution in [2.24, 2.45) is 5.41 Å². The van der Waals surface area contributed by atoms with Crippen LogP contribution in [0.15, 0.2) is 0 Å². The van der Waals surface area contributed by atoms with E-state index in [2.05, 4.69) is 31.0 Å². The summed E-state index contributed by atoms with van der Waals surface area (Å²) < 4.78 is 11.1. The third kappa shape index (κ3) is 7.59. The summed E-state index contributed by atoms with van der Waals surface area (Å²) in [5.74, 6) is 0. The predicted molar refractivity (Wildman–Crippen MR) is 88.9 cm³/mol. The van der Waals surface area contributed by atoms with E-state index in [1.165, 1.54) is 45.3 Å². The van der Waals surface area contributed by atoms with Crippen molar-refractivity contribution in [1.29, 1.82) is 0 Å². The molecule has 4 nitrogen and oxygen atoms in total. The molecule has 1 atom stereocenters. The first-order valence-electron chi connectivity index (χ1n) is 8.85. The lowest BCUT2D eigenvalue weighted by atomic mass is 9.76. The number of ether oxygens (including phenoxy) is 2. The smallest absolute Gasteiger partial charge is 0.0593 e. The minimum atomic E-state index is 0.450. The van der Waals surface area contributed by atoms with Crippen LogP contribution in [0.25, 0.3) is 0 Å². The Labute approximate surface area is 131 Å². The van der Waals surface area contributed by atoms with Crippen molar-refractivity contribution in [2.75, 3.05) is 59.2 Å². The fraction of sp³-hybridized carbons (Fsp3) is 1.00. The van der Waals surface area contributed by atoms with Crippen LogP contribution in [0.5, 0.6) is 0 Å². The Morgan fingerprint density at radius 1 is 1.05 bits per heavy atom. The summed E-state index contributed by atoms with van der Waals surface area (Å²) in [5, 5.41) is 3.61. The molecule has 4 heteroatoms. The molecule has 1 rings (SSSR count). The molecule has 1 aliphatic heterocycles. The number of hydrogen-bond acceptors (Lipinski definition) is 4. The standard InChI is InChI=1S/C17H36N2O2/c1-4-8-17(9-7-10-18-15-17)16-19(11-13-20-5-2)12-14-21-6-3/h18H,4-16H2,1-3H3. The molecule has 1 aliphatic rings. The largest absolute Gasteiger partial charge is 0.380 e. The summed E-state index contributed by atoms with van der Waals surface area (Å²) >= 11 is 0. The third-order valence-electron chi connectivity index (χ3n) is 4.41. The summed E-state index contributed by atoms with van der Waals surface area (Å²) in [5.41, 5.74) is 0.450. The molecule has 0 saturated carbocycles. The van der Waals surface area contributed by atoms with Crippen LogP contribution in [0.4, 0.5) is 0 Å². The number of piperidine rings is 1. The van der Waals surface area contributed by atoms with Gasteiger partial charge >= 0.3 is 0 Å². The molecule has 126 valence electrons. The molecule has 0 aromatic heterocycles. The molecule has 1 heterocycles. The Morgan fingerprint density at radius 3 is 2.19 bits per heavy atom. The van der Waals surface area contributed by atoms with Gasteiger partial charge in [0, 0.05) is 39.4 Å². The number of hydrogen-bond donors (Lipinski definition) is 1. The molecule has 0 aliphatic carbocycles. The maximum absolute atomic E-state index is 5.55. The second kappa shape index (κ2) is 11.4. The van der Waals surface area contributed by atoms with Crippen LogP contribution >= 0.6 is 0 Å². The zero-order chi connectivity index (χ0) is 15.4. The highest BCUT2D eigenvalue weighted by molar-refractivity contribution is 4.88. The van der Waals surface area contributed by atoms with Gasteiger partial charge in [0.05, 0.1) is 13.2 Å². The molecule has 0 radical (unpaired) electrons. The second-order valence-electron chi connectivity index (χ2n) is 6.20. The number of nitrogens with one attached hydrogen (secondary N) is 1. The first kappa shape index (κ1) is 18.9. The normalized spacial score (nSPS) is 22.9. The van der Waals surface area contributed by atoms with Gasteiger partial charge in [0.15, 0.2) is 0 Å². The van der Waals surface area contributed by atoms with E-state index in [0.29, 0.717) is 5.41 Å². The molecule has 0 spiro atoms. The second-order valence-corrected chi connectivity index (χ2v) is 6.20. The first-order chi connectivity index (χ1) is 10.3. The minimum absolute atomic E-state index is 0.450. The summed E-state index contributed by atoms with van der Waals surface area (Å²) in [6.07, 6.45) is 5.25. The van der Waals surface area contributed by atoms with E-state index in [1.54, 1.807) is 0 Å². The van der Waals surface area contributed by atoms with Gasteiger partial charge in [0.25, 0.3) is 0 Å². The molecule has 0 aromatic rings. The fourth-order valence-corrected chi connectivity index (χ4v) is 3.41. The lowest BCUT2D eigenvalue weighted by Gasteiger charge is -2.41. The molecule has 0 aromatic carbocycles. The zero-order valence-electron chi connectivity index (χ0n) is 14.5. The third-order valence-corrected chi connectivity index (χ3v) is 4.41. The summed E-state index contributed by atoms with van der Waals surface area (Å²) in [7, 11) is 0. The van der Waals surface area contributed by atoms with Gasteiger partial charge in [-0.05, 0) is 45.1 Å². The van der Waals surface area contributed by atoms with E-state index in [9.17, 15) is 0 Å². The average Bonchev–Trinajstić information content (AvgIpc) is 2.49. The van der Waals surface area contributed by atoms with Crippen LogP contribution in [-0.4, -0.2) is 64.1 Å². The fourth-order valence-electron chi connectivity index (χ4n) is 3.41. The highest BCUT2D eigenvalue weighted by Gasteiger charge is 2.32. The highest BCUT2D eigenvalue weighted by Crippen LogP contribution is 2.32. The maximum Gasteiger partial charge on any atom is 0.0593 e. The van der Waals surface area contributed by atoms with Gasteiger partial charge in [0.2, 0.25) is 0 Å². The Balaban J connectivity index is 2.52. The van der Waals surface area contributed by atoms with Crippen molar-refractivity contribution in [2.45, 2.75) is 46.5 Å². The van der Waals surface area contributed by atoms with Gasteiger partial charge in [-0.15, -0.1) is 0 Å². The molecular weight excluding hydrogens is 264 g/mol. The SMILES string of the molecule is CCCC1(CN(CCOCC)CCOCC)CCCNC1. The number of nitrogens with zero attached hydrogens (tertiary/aromatic N) is 1.